The van der Waals surface area contributed by atoms with Gasteiger partial charge in [-0.3, -0.25) is 10.4 Å². The average Bonchev–Trinajstić information content (AvgIpc) is 2.01. The first-order valence-corrected chi connectivity index (χ1v) is 5.88. The smallest absolute Gasteiger partial charge is 0.215 e. The molecule has 0 heterocycles. The largest absolute Gasteiger partial charge is 0.726 e. The van der Waals surface area contributed by atoms with E-state index in [9.17, 15) is 0 Å². The maximum absolute atomic E-state index is 8.63. The molecule has 0 bridgehead atoms. The molecule has 0 aromatic rings. The van der Waals surface area contributed by atoms with Crippen molar-refractivity contribution >= 4 is 10.4 Å². The molecule has 0 aliphatic heterocycles. The maximum atomic E-state index is 8.63. The van der Waals surface area contributed by atoms with Crippen LogP contribution in [0.1, 0.15) is 39.5 Å². The molecule has 1 atom stereocenters. The van der Waals surface area contributed by atoms with Gasteiger partial charge >= 0.3 is 0 Å². The predicted molar refractivity (Wildman–Crippen MR) is 52.0 cm³/mol. The van der Waals surface area contributed by atoms with Gasteiger partial charge in [0.1, 0.15) is 0 Å². The van der Waals surface area contributed by atoms with Gasteiger partial charge in [0.2, 0.25) is 10.4 Å². The third-order valence-corrected chi connectivity index (χ3v) is 1.59. The number of hydrogen-bond donors (Lipinski definition) is 3. The van der Waals surface area contributed by atoms with E-state index in [-0.39, 0.29) is 0 Å². The minimum atomic E-state index is -4.92. The molecule has 0 spiro atoms. The highest BCUT2D eigenvalue weighted by Crippen LogP contribution is 2.00. The van der Waals surface area contributed by atoms with Crippen LogP contribution in [-0.2, 0) is 10.4 Å². The summed E-state index contributed by atoms with van der Waals surface area (Å²) in [4.78, 5) is 0. The van der Waals surface area contributed by atoms with E-state index in [0.717, 1.165) is 0 Å². The Balaban J connectivity index is 0. The van der Waals surface area contributed by atoms with Gasteiger partial charge in [-0.15, -0.1) is 0 Å². The molecule has 14 heavy (non-hydrogen) atoms. The fourth-order valence-electron chi connectivity index (χ4n) is 0.803. The fourth-order valence-corrected chi connectivity index (χ4v) is 0.803. The van der Waals surface area contributed by atoms with Crippen LogP contribution in [0.2, 0.25) is 0 Å². The van der Waals surface area contributed by atoms with E-state index < -0.39 is 10.4 Å². The van der Waals surface area contributed by atoms with Gasteiger partial charge < -0.3 is 4.55 Å². The Kier molecular flexibility index (Phi) is 10.8. The molecule has 0 amide bonds. The van der Waals surface area contributed by atoms with E-state index in [1.807, 2.05) is 0 Å². The summed E-state index contributed by atoms with van der Waals surface area (Å²) in [7, 11) is -4.92. The minimum absolute atomic E-state index is 0.594. The topological polar surface area (TPSA) is 117 Å². The van der Waals surface area contributed by atoms with Crippen LogP contribution >= 0.6 is 0 Å². The van der Waals surface area contributed by atoms with Crippen LogP contribution in [0.5, 0.6) is 0 Å². The van der Waals surface area contributed by atoms with Crippen LogP contribution in [0.15, 0.2) is 0 Å². The highest BCUT2D eigenvalue weighted by atomic mass is 32.3. The predicted octanol–water partition coefficient (Wildman–Crippen LogP) is -0.294. The summed E-state index contributed by atoms with van der Waals surface area (Å²) in [6, 6.07) is 0.594. The van der Waals surface area contributed by atoms with E-state index >= 15 is 0 Å². The minimum Gasteiger partial charge on any atom is -0.726 e. The van der Waals surface area contributed by atoms with Gasteiger partial charge in [0.25, 0.3) is 0 Å². The normalized spacial score (nSPS) is 12.9. The number of unbranched alkanes of at least 4 members (excludes halogenated alkanes) is 2. The molecule has 7 heteroatoms. The average molecular weight is 228 g/mol. The van der Waals surface area contributed by atoms with Gasteiger partial charge in [0, 0.05) is 0 Å². The van der Waals surface area contributed by atoms with Gasteiger partial charge in [-0.1, -0.05) is 26.2 Å². The lowest BCUT2D eigenvalue weighted by Gasteiger charge is -2.04. The fraction of sp³-hybridized carbons (Fsp3) is 1.00. The van der Waals surface area contributed by atoms with Crippen LogP contribution in [0, 0.1) is 0 Å². The van der Waals surface area contributed by atoms with E-state index in [4.69, 9.17) is 17.5 Å². The zero-order chi connectivity index (χ0) is 11.6. The highest BCUT2D eigenvalue weighted by molar-refractivity contribution is 7.79. The molecular formula is C7H20N2O4S. The van der Waals surface area contributed by atoms with Gasteiger partial charge in [-0.2, -0.15) is 5.43 Å². The molecule has 5 N–H and O–H groups in total. The van der Waals surface area contributed by atoms with Gasteiger partial charge in [-0.05, 0) is 13.3 Å². The van der Waals surface area contributed by atoms with Crippen molar-refractivity contribution < 1.29 is 23.4 Å². The lowest BCUT2D eigenvalue weighted by atomic mass is 10.1. The van der Waals surface area contributed by atoms with Crippen LogP contribution in [0.25, 0.3) is 0 Å². The van der Waals surface area contributed by atoms with Crippen molar-refractivity contribution in [3.05, 3.63) is 0 Å². The van der Waals surface area contributed by atoms with E-state index in [2.05, 4.69) is 25.1 Å². The molecule has 0 aromatic heterocycles. The molecule has 1 unspecified atom stereocenters. The van der Waals surface area contributed by atoms with Crippen molar-refractivity contribution in [2.24, 2.45) is 0 Å². The summed E-state index contributed by atoms with van der Waals surface area (Å²) in [6.07, 6.45) is 5.26. The number of quaternary nitrogens is 1. The van der Waals surface area contributed by atoms with Crippen LogP contribution < -0.4 is 11.3 Å². The molecule has 0 fully saturated rings. The van der Waals surface area contributed by atoms with Crippen LogP contribution in [0.4, 0.5) is 0 Å². The quantitative estimate of drug-likeness (QED) is 0.258. The van der Waals surface area contributed by atoms with Crippen molar-refractivity contribution in [2.75, 3.05) is 0 Å². The molecule has 0 aliphatic rings. The van der Waals surface area contributed by atoms with Gasteiger partial charge in [-0.25, -0.2) is 8.42 Å². The molecule has 0 rings (SSSR count). The van der Waals surface area contributed by atoms with Crippen molar-refractivity contribution in [2.45, 2.75) is 45.6 Å². The zero-order valence-electron chi connectivity index (χ0n) is 8.69. The first-order chi connectivity index (χ1) is 6.31. The Morgan fingerprint density at radius 1 is 1.50 bits per heavy atom. The molecule has 0 aromatic carbocycles. The summed E-state index contributed by atoms with van der Waals surface area (Å²) >= 11 is 0. The summed E-state index contributed by atoms with van der Waals surface area (Å²) < 4.78 is 32.8. The molecule has 0 aliphatic carbocycles. The van der Waals surface area contributed by atoms with Gasteiger partial charge in [0.05, 0.1) is 6.04 Å². The highest BCUT2D eigenvalue weighted by Gasteiger charge is 1.97. The second kappa shape index (κ2) is 9.35. The van der Waals surface area contributed by atoms with E-state index in [1.165, 1.54) is 25.7 Å². The van der Waals surface area contributed by atoms with E-state index in [1.54, 1.807) is 0 Å². The molecule has 0 saturated carbocycles. The third kappa shape index (κ3) is 29.8. The lowest BCUT2D eigenvalue weighted by molar-refractivity contribution is -0.451. The first kappa shape index (κ1) is 16.2. The Morgan fingerprint density at radius 3 is 2.21 bits per heavy atom. The van der Waals surface area contributed by atoms with Crippen LogP contribution in [-0.4, -0.2) is 23.6 Å². The zero-order valence-corrected chi connectivity index (χ0v) is 9.51. The molecule has 0 radical (unpaired) electrons. The monoisotopic (exact) mass is 228 g/mol. The maximum Gasteiger partial charge on any atom is 0.215 e. The van der Waals surface area contributed by atoms with Crippen molar-refractivity contribution in [3.8, 4) is 0 Å². The summed E-state index contributed by atoms with van der Waals surface area (Å²) in [5.74, 6) is 3.61. The summed E-state index contributed by atoms with van der Waals surface area (Å²) in [6.45, 7) is 4.39. The third-order valence-electron chi connectivity index (χ3n) is 1.59. The van der Waals surface area contributed by atoms with Gasteiger partial charge in [0.15, 0.2) is 0 Å². The summed E-state index contributed by atoms with van der Waals surface area (Å²) in [5.41, 5.74) is 2.97. The first-order valence-electron chi connectivity index (χ1n) is 4.52. The Labute approximate surface area is 85.4 Å². The van der Waals surface area contributed by atoms with Crippen LogP contribution in [0.3, 0.4) is 0 Å². The second-order valence-electron chi connectivity index (χ2n) is 3.03. The second-order valence-corrected chi connectivity index (χ2v) is 3.88. The molecule has 6 nitrogen and oxygen atoms in total. The molecule has 88 valence electrons. The number of rotatable bonds is 5. The summed E-state index contributed by atoms with van der Waals surface area (Å²) in [5, 5.41) is 0. The SMILES string of the molecule is CCCCCC(C)N[NH3+].O=S(=O)([O-])O. The van der Waals surface area contributed by atoms with Crippen molar-refractivity contribution in [3.63, 3.8) is 0 Å². The molecule has 0 saturated heterocycles. The lowest BCUT2D eigenvalue weighted by Crippen LogP contribution is -2.68. The Bertz CT molecular complexity index is 198. The number of nitrogens with one attached hydrogen (secondary N) is 1. The molecular weight excluding hydrogens is 208 g/mol. The van der Waals surface area contributed by atoms with Crippen molar-refractivity contribution in [1.82, 2.24) is 5.43 Å². The standard InChI is InChI=1S/C7H18N2.H2O4S/c1-3-4-5-6-7(2)9-8;1-5(2,3)4/h7,9H,3-6,8H2,1-2H3;(H2,1,2,3,4). The Morgan fingerprint density at radius 2 is 1.93 bits per heavy atom. The number of hydrogen-bond acceptors (Lipinski definition) is 4. The van der Waals surface area contributed by atoms with Crippen molar-refractivity contribution in [1.29, 1.82) is 0 Å². The van der Waals surface area contributed by atoms with E-state index in [0.29, 0.717) is 6.04 Å². The Hall–Kier alpha value is -0.210.